The summed E-state index contributed by atoms with van der Waals surface area (Å²) in [6, 6.07) is 12.7. The molecule has 0 aliphatic carbocycles. The molecule has 0 amide bonds. The molecule has 2 nitrogen and oxygen atoms in total. The minimum Gasteiger partial charge on any atom is -0.508 e. The Morgan fingerprint density at radius 1 is 1.17 bits per heavy atom. The van der Waals surface area contributed by atoms with Gasteiger partial charge in [0.25, 0.3) is 0 Å². The fourth-order valence-electron chi connectivity index (χ4n) is 1.56. The van der Waals surface area contributed by atoms with Crippen molar-refractivity contribution >= 4 is 27.5 Å². The van der Waals surface area contributed by atoms with Crippen LogP contribution in [0.1, 0.15) is 11.1 Å². The highest BCUT2D eigenvalue weighted by molar-refractivity contribution is 9.10. The number of alkyl halides is 1. The molecule has 0 fully saturated rings. The second kappa shape index (κ2) is 6.12. The van der Waals surface area contributed by atoms with Crippen LogP contribution in [0.15, 0.2) is 46.9 Å². The summed E-state index contributed by atoms with van der Waals surface area (Å²) in [5.74, 6) is 1.44. The van der Waals surface area contributed by atoms with Crippen LogP contribution in [-0.2, 0) is 12.5 Å². The minimum absolute atomic E-state index is 0.244. The van der Waals surface area contributed by atoms with Gasteiger partial charge in [0.2, 0.25) is 0 Å². The Hall–Kier alpha value is -1.19. The first-order chi connectivity index (χ1) is 8.69. The van der Waals surface area contributed by atoms with Crippen molar-refractivity contribution in [1.29, 1.82) is 0 Å². The van der Waals surface area contributed by atoms with E-state index in [-0.39, 0.29) is 5.75 Å². The van der Waals surface area contributed by atoms with Gasteiger partial charge >= 0.3 is 0 Å². The second-order valence-electron chi connectivity index (χ2n) is 3.85. The van der Waals surface area contributed by atoms with Gasteiger partial charge in [-0.3, -0.25) is 0 Å². The average molecular weight is 328 g/mol. The number of phenolic OH excluding ortho intramolecular Hbond substituents is 1. The summed E-state index contributed by atoms with van der Waals surface area (Å²) in [5, 5.41) is 9.35. The van der Waals surface area contributed by atoms with E-state index < -0.39 is 0 Å². The van der Waals surface area contributed by atoms with E-state index >= 15 is 0 Å². The maximum atomic E-state index is 9.35. The number of benzene rings is 2. The van der Waals surface area contributed by atoms with E-state index in [1.54, 1.807) is 18.2 Å². The Kier molecular flexibility index (Phi) is 4.50. The smallest absolute Gasteiger partial charge is 0.120 e. The van der Waals surface area contributed by atoms with E-state index in [4.69, 9.17) is 16.3 Å². The van der Waals surface area contributed by atoms with Gasteiger partial charge in [0, 0.05) is 10.4 Å². The SMILES string of the molecule is Oc1cccc(COc2ccc(Br)c(CCl)c2)c1. The zero-order valence-corrected chi connectivity index (χ0v) is 11.9. The topological polar surface area (TPSA) is 29.5 Å². The Balaban J connectivity index is 2.06. The van der Waals surface area contributed by atoms with Gasteiger partial charge in [0.15, 0.2) is 0 Å². The number of aromatic hydroxyl groups is 1. The fraction of sp³-hybridized carbons (Fsp3) is 0.143. The molecule has 0 unspecified atom stereocenters. The van der Waals surface area contributed by atoms with E-state index in [1.165, 1.54) is 0 Å². The molecule has 0 heterocycles. The maximum absolute atomic E-state index is 9.35. The van der Waals surface area contributed by atoms with Gasteiger partial charge in [-0.05, 0) is 41.5 Å². The summed E-state index contributed by atoms with van der Waals surface area (Å²) in [6.07, 6.45) is 0. The largest absolute Gasteiger partial charge is 0.508 e. The van der Waals surface area contributed by atoms with E-state index in [1.807, 2.05) is 24.3 Å². The first-order valence-electron chi connectivity index (χ1n) is 5.44. The average Bonchev–Trinajstić information content (AvgIpc) is 2.38. The van der Waals surface area contributed by atoms with Crippen LogP contribution >= 0.6 is 27.5 Å². The molecule has 0 atom stereocenters. The minimum atomic E-state index is 0.244. The van der Waals surface area contributed by atoms with Crippen molar-refractivity contribution in [1.82, 2.24) is 0 Å². The van der Waals surface area contributed by atoms with Crippen LogP contribution in [-0.4, -0.2) is 5.11 Å². The molecule has 0 aromatic heterocycles. The molecule has 18 heavy (non-hydrogen) atoms. The maximum Gasteiger partial charge on any atom is 0.120 e. The lowest BCUT2D eigenvalue weighted by molar-refractivity contribution is 0.305. The standard InChI is InChI=1S/C14H12BrClO2/c15-14-5-4-13(7-11(14)8-16)18-9-10-2-1-3-12(17)6-10/h1-7,17H,8-9H2. The van der Waals surface area contributed by atoms with Crippen LogP contribution in [0.3, 0.4) is 0 Å². The van der Waals surface area contributed by atoms with E-state index in [0.29, 0.717) is 12.5 Å². The highest BCUT2D eigenvalue weighted by atomic mass is 79.9. The van der Waals surface area contributed by atoms with Gasteiger partial charge in [-0.1, -0.05) is 28.1 Å². The van der Waals surface area contributed by atoms with Crippen LogP contribution in [0.5, 0.6) is 11.5 Å². The van der Waals surface area contributed by atoms with Crippen LogP contribution in [0.25, 0.3) is 0 Å². The first kappa shape index (κ1) is 13.2. The molecule has 2 aromatic rings. The third kappa shape index (κ3) is 3.40. The fourth-order valence-corrected chi connectivity index (χ4v) is 2.33. The van der Waals surface area contributed by atoms with Gasteiger partial charge in [-0.2, -0.15) is 0 Å². The molecular formula is C14H12BrClO2. The number of halogens is 2. The van der Waals surface area contributed by atoms with Crippen LogP contribution in [0, 0.1) is 0 Å². The Bertz CT molecular complexity index is 543. The normalized spacial score (nSPS) is 10.3. The zero-order chi connectivity index (χ0) is 13.0. The van der Waals surface area contributed by atoms with Crippen molar-refractivity contribution in [3.8, 4) is 11.5 Å². The van der Waals surface area contributed by atoms with Gasteiger partial charge in [0.1, 0.15) is 18.1 Å². The lowest BCUT2D eigenvalue weighted by atomic mass is 10.2. The molecule has 2 aromatic carbocycles. The summed E-state index contributed by atoms with van der Waals surface area (Å²) >= 11 is 9.25. The van der Waals surface area contributed by atoms with Crippen LogP contribution < -0.4 is 4.74 Å². The number of hydrogen-bond donors (Lipinski definition) is 1. The molecule has 94 valence electrons. The van der Waals surface area contributed by atoms with E-state index in [0.717, 1.165) is 21.3 Å². The molecule has 1 N–H and O–H groups in total. The van der Waals surface area contributed by atoms with Gasteiger partial charge in [-0.15, -0.1) is 11.6 Å². The lowest BCUT2D eigenvalue weighted by Crippen LogP contribution is -1.95. The summed E-state index contributed by atoms with van der Waals surface area (Å²) < 4.78 is 6.63. The summed E-state index contributed by atoms with van der Waals surface area (Å²) in [5.41, 5.74) is 1.91. The molecule has 4 heteroatoms. The van der Waals surface area contributed by atoms with Gasteiger partial charge < -0.3 is 9.84 Å². The van der Waals surface area contributed by atoms with Crippen molar-refractivity contribution in [3.63, 3.8) is 0 Å². The monoisotopic (exact) mass is 326 g/mol. The van der Waals surface area contributed by atoms with E-state index in [9.17, 15) is 5.11 Å². The number of hydrogen-bond acceptors (Lipinski definition) is 2. The summed E-state index contributed by atoms with van der Waals surface area (Å²) in [7, 11) is 0. The number of rotatable bonds is 4. The number of ether oxygens (including phenoxy) is 1. The predicted octanol–water partition coefficient (Wildman–Crippen LogP) is 4.47. The molecule has 0 radical (unpaired) electrons. The van der Waals surface area contributed by atoms with E-state index in [2.05, 4.69) is 15.9 Å². The molecule has 0 bridgehead atoms. The molecule has 0 aliphatic heterocycles. The first-order valence-corrected chi connectivity index (χ1v) is 6.77. The molecule has 0 saturated carbocycles. The lowest BCUT2D eigenvalue weighted by Gasteiger charge is -2.08. The third-order valence-corrected chi connectivity index (χ3v) is 3.54. The Morgan fingerprint density at radius 2 is 2.00 bits per heavy atom. The Labute approximate surface area is 119 Å². The molecule has 0 saturated heterocycles. The van der Waals surface area contributed by atoms with Crippen molar-refractivity contribution in [3.05, 3.63) is 58.1 Å². The van der Waals surface area contributed by atoms with Crippen molar-refractivity contribution in [2.45, 2.75) is 12.5 Å². The highest BCUT2D eigenvalue weighted by Gasteiger charge is 2.02. The molecule has 2 rings (SSSR count). The molecule has 0 aliphatic rings. The Morgan fingerprint density at radius 3 is 2.72 bits per heavy atom. The molecular weight excluding hydrogens is 316 g/mol. The number of phenols is 1. The van der Waals surface area contributed by atoms with Gasteiger partial charge in [-0.25, -0.2) is 0 Å². The van der Waals surface area contributed by atoms with Crippen molar-refractivity contribution < 1.29 is 9.84 Å². The van der Waals surface area contributed by atoms with Crippen molar-refractivity contribution in [2.75, 3.05) is 0 Å². The van der Waals surface area contributed by atoms with Crippen molar-refractivity contribution in [2.24, 2.45) is 0 Å². The zero-order valence-electron chi connectivity index (χ0n) is 9.57. The quantitative estimate of drug-likeness (QED) is 0.839. The predicted molar refractivity (Wildman–Crippen MR) is 76.1 cm³/mol. The summed E-state index contributed by atoms with van der Waals surface area (Å²) in [6.45, 7) is 0.414. The van der Waals surface area contributed by atoms with Crippen LogP contribution in [0.2, 0.25) is 0 Å². The molecule has 0 spiro atoms. The third-order valence-electron chi connectivity index (χ3n) is 2.48. The highest BCUT2D eigenvalue weighted by Crippen LogP contribution is 2.24. The van der Waals surface area contributed by atoms with Gasteiger partial charge in [0.05, 0.1) is 0 Å². The summed E-state index contributed by atoms with van der Waals surface area (Å²) in [4.78, 5) is 0. The van der Waals surface area contributed by atoms with Crippen LogP contribution in [0.4, 0.5) is 0 Å². The second-order valence-corrected chi connectivity index (χ2v) is 4.97.